The van der Waals surface area contributed by atoms with Gasteiger partial charge >= 0.3 is 5.97 Å². The highest BCUT2D eigenvalue weighted by Gasteiger charge is 2.20. The van der Waals surface area contributed by atoms with Crippen molar-refractivity contribution in [2.75, 3.05) is 12.4 Å². The highest BCUT2D eigenvalue weighted by Crippen LogP contribution is 2.22. The highest BCUT2D eigenvalue weighted by atomic mass is 32.2. The summed E-state index contributed by atoms with van der Waals surface area (Å²) in [4.78, 5) is 32.9. The number of esters is 1. The number of carbonyl (C=O) groups is 2. The van der Waals surface area contributed by atoms with Crippen molar-refractivity contribution in [3.8, 4) is 11.4 Å². The zero-order chi connectivity index (χ0) is 18.4. The molecule has 0 saturated heterocycles. The number of hydrogen-bond acceptors (Lipinski definition) is 7. The fourth-order valence-electron chi connectivity index (χ4n) is 2.17. The van der Waals surface area contributed by atoms with Gasteiger partial charge in [-0.3, -0.25) is 14.6 Å². The van der Waals surface area contributed by atoms with E-state index >= 15 is 0 Å². The monoisotopic (exact) mass is 368 g/mol. The maximum atomic E-state index is 12.8. The molecule has 132 valence electrons. The van der Waals surface area contributed by atoms with Crippen molar-refractivity contribution in [1.29, 1.82) is 0 Å². The number of hydrogen-bond donors (Lipinski definition) is 0. The van der Waals surface area contributed by atoms with Crippen LogP contribution in [0.4, 0.5) is 0 Å². The van der Waals surface area contributed by atoms with Crippen LogP contribution in [0.2, 0.25) is 0 Å². The largest absolute Gasteiger partial charge is 0.465 e. The first-order valence-corrected chi connectivity index (χ1v) is 8.93. The molecule has 0 saturated carbocycles. The molecule has 0 radical (unpaired) electrons. The highest BCUT2D eigenvalue weighted by molar-refractivity contribution is 7.99. The third-order valence-electron chi connectivity index (χ3n) is 3.33. The van der Waals surface area contributed by atoms with Crippen LogP contribution in [-0.4, -0.2) is 44.0 Å². The van der Waals surface area contributed by atoms with Crippen molar-refractivity contribution in [3.63, 3.8) is 0 Å². The van der Waals surface area contributed by atoms with Gasteiger partial charge in [0, 0.05) is 23.5 Å². The lowest BCUT2D eigenvalue weighted by Crippen LogP contribution is -2.16. The molecule has 0 aliphatic rings. The Morgan fingerprint density at radius 2 is 1.96 bits per heavy atom. The molecular formula is C18H16N4O3S. The average Bonchev–Trinajstić information content (AvgIpc) is 3.12. The lowest BCUT2D eigenvalue weighted by atomic mass is 10.2. The van der Waals surface area contributed by atoms with E-state index in [4.69, 9.17) is 4.74 Å². The van der Waals surface area contributed by atoms with Gasteiger partial charge in [0.2, 0.25) is 0 Å². The number of nitrogens with zero attached hydrogens (tertiary/aromatic N) is 4. The molecule has 0 unspecified atom stereocenters. The fraction of sp³-hybridized carbons (Fsp3) is 0.167. The molecule has 0 spiro atoms. The van der Waals surface area contributed by atoms with Gasteiger partial charge in [-0.2, -0.15) is 4.68 Å². The van der Waals surface area contributed by atoms with Crippen LogP contribution in [0, 0.1) is 0 Å². The molecule has 0 aliphatic heterocycles. The Morgan fingerprint density at radius 3 is 2.65 bits per heavy atom. The molecule has 0 amide bonds. The van der Waals surface area contributed by atoms with Crippen LogP contribution in [0.1, 0.15) is 17.3 Å². The van der Waals surface area contributed by atoms with Gasteiger partial charge in [-0.15, -0.1) is 5.10 Å². The summed E-state index contributed by atoms with van der Waals surface area (Å²) in [5.41, 5.74) is 1.17. The molecule has 0 N–H and O–H groups in total. The number of ether oxygens (including phenoxy) is 1. The van der Waals surface area contributed by atoms with Crippen LogP contribution in [-0.2, 0) is 9.53 Å². The summed E-state index contributed by atoms with van der Waals surface area (Å²) in [5.74, 6) is -0.281. The van der Waals surface area contributed by atoms with E-state index in [9.17, 15) is 9.59 Å². The van der Waals surface area contributed by atoms with Crippen LogP contribution < -0.4 is 0 Å². The van der Waals surface area contributed by atoms with Crippen molar-refractivity contribution in [3.05, 3.63) is 60.4 Å². The molecule has 2 aromatic heterocycles. The average molecular weight is 368 g/mol. The molecule has 26 heavy (non-hydrogen) atoms. The molecule has 2 heterocycles. The molecule has 0 fully saturated rings. The quantitative estimate of drug-likeness (QED) is 0.488. The van der Waals surface area contributed by atoms with Crippen molar-refractivity contribution in [2.24, 2.45) is 0 Å². The standard InChI is InChI=1S/C18H16N4O3S/c1-2-25-15(23)12-26-18-20-16(14-9-6-10-19-11-14)21-22(18)17(24)13-7-4-3-5-8-13/h3-11H,2,12H2,1H3. The summed E-state index contributed by atoms with van der Waals surface area (Å²) >= 11 is 1.11. The summed E-state index contributed by atoms with van der Waals surface area (Å²) in [6.07, 6.45) is 3.26. The molecule has 0 atom stereocenters. The van der Waals surface area contributed by atoms with Gasteiger partial charge in [-0.1, -0.05) is 30.0 Å². The second-order valence-corrected chi connectivity index (χ2v) is 6.08. The maximum absolute atomic E-state index is 12.8. The molecule has 8 heteroatoms. The first-order chi connectivity index (χ1) is 12.7. The molecule has 0 aliphatic carbocycles. The van der Waals surface area contributed by atoms with Crippen molar-refractivity contribution in [2.45, 2.75) is 12.1 Å². The van der Waals surface area contributed by atoms with E-state index in [1.54, 1.807) is 55.7 Å². The summed E-state index contributed by atoms with van der Waals surface area (Å²) in [6, 6.07) is 12.4. The number of pyridine rings is 1. The number of benzene rings is 1. The zero-order valence-electron chi connectivity index (χ0n) is 14.0. The molecule has 7 nitrogen and oxygen atoms in total. The lowest BCUT2D eigenvalue weighted by molar-refractivity contribution is -0.139. The van der Waals surface area contributed by atoms with Gasteiger partial charge in [0.1, 0.15) is 0 Å². The second-order valence-electron chi connectivity index (χ2n) is 5.14. The van der Waals surface area contributed by atoms with Gasteiger partial charge in [-0.25, -0.2) is 4.98 Å². The minimum absolute atomic E-state index is 0.0427. The topological polar surface area (TPSA) is 87.0 Å². The van der Waals surface area contributed by atoms with Crippen LogP contribution in [0.15, 0.2) is 60.0 Å². The van der Waals surface area contributed by atoms with Crippen molar-refractivity contribution in [1.82, 2.24) is 19.7 Å². The van der Waals surface area contributed by atoms with Crippen molar-refractivity contribution < 1.29 is 14.3 Å². The van der Waals surface area contributed by atoms with E-state index in [-0.39, 0.29) is 17.6 Å². The molecule has 0 bridgehead atoms. The van der Waals surface area contributed by atoms with E-state index in [0.29, 0.717) is 28.7 Å². The number of thioether (sulfide) groups is 1. The zero-order valence-corrected chi connectivity index (χ0v) is 14.8. The van der Waals surface area contributed by atoms with Crippen LogP contribution >= 0.6 is 11.8 Å². The molecule has 3 rings (SSSR count). The number of aromatic nitrogens is 4. The second kappa shape index (κ2) is 8.39. The summed E-state index contributed by atoms with van der Waals surface area (Å²) in [6.45, 7) is 2.04. The first-order valence-electron chi connectivity index (χ1n) is 7.94. The fourth-order valence-corrected chi connectivity index (χ4v) is 2.90. The summed E-state index contributed by atoms with van der Waals surface area (Å²) in [5, 5.41) is 4.65. The van der Waals surface area contributed by atoms with E-state index in [2.05, 4.69) is 15.1 Å². The Labute approximate surface area is 154 Å². The Balaban J connectivity index is 1.93. The third-order valence-corrected chi connectivity index (χ3v) is 4.24. The van der Waals surface area contributed by atoms with Crippen LogP contribution in [0.5, 0.6) is 0 Å². The van der Waals surface area contributed by atoms with Gasteiger partial charge in [-0.05, 0) is 31.2 Å². The van der Waals surface area contributed by atoms with E-state index in [0.717, 1.165) is 11.8 Å². The number of carbonyl (C=O) groups excluding carboxylic acids is 2. The minimum Gasteiger partial charge on any atom is -0.465 e. The maximum Gasteiger partial charge on any atom is 0.316 e. The third kappa shape index (κ3) is 4.15. The van der Waals surface area contributed by atoms with E-state index in [1.165, 1.54) is 4.68 Å². The Kier molecular flexibility index (Phi) is 5.75. The Morgan fingerprint density at radius 1 is 1.15 bits per heavy atom. The SMILES string of the molecule is CCOC(=O)CSc1nc(-c2cccnc2)nn1C(=O)c1ccccc1. The van der Waals surface area contributed by atoms with E-state index < -0.39 is 0 Å². The summed E-state index contributed by atoms with van der Waals surface area (Å²) < 4.78 is 6.14. The molecule has 3 aromatic rings. The molecule has 1 aromatic carbocycles. The minimum atomic E-state index is -0.373. The van der Waals surface area contributed by atoms with Crippen molar-refractivity contribution >= 4 is 23.6 Å². The Hall–Kier alpha value is -3.00. The van der Waals surface area contributed by atoms with Gasteiger partial charge in [0.15, 0.2) is 11.0 Å². The predicted octanol–water partition coefficient (Wildman–Crippen LogP) is 2.68. The van der Waals surface area contributed by atoms with Gasteiger partial charge < -0.3 is 4.74 Å². The Bertz CT molecular complexity index is 897. The van der Waals surface area contributed by atoms with Gasteiger partial charge in [0.05, 0.1) is 12.4 Å². The number of rotatable bonds is 6. The lowest BCUT2D eigenvalue weighted by Gasteiger charge is -2.04. The predicted molar refractivity (Wildman–Crippen MR) is 96.8 cm³/mol. The van der Waals surface area contributed by atoms with E-state index in [1.807, 2.05) is 6.07 Å². The first kappa shape index (κ1) is 17.8. The van der Waals surface area contributed by atoms with Crippen LogP contribution in [0.25, 0.3) is 11.4 Å². The smallest absolute Gasteiger partial charge is 0.316 e. The normalized spacial score (nSPS) is 10.5. The van der Waals surface area contributed by atoms with Crippen LogP contribution in [0.3, 0.4) is 0 Å². The summed E-state index contributed by atoms with van der Waals surface area (Å²) in [7, 11) is 0. The van der Waals surface area contributed by atoms with Gasteiger partial charge in [0.25, 0.3) is 5.91 Å². The molecular weight excluding hydrogens is 352 g/mol.